The van der Waals surface area contributed by atoms with Gasteiger partial charge >= 0.3 is 0 Å². The molecule has 2 heterocycles. The van der Waals surface area contributed by atoms with Crippen molar-refractivity contribution in [3.8, 4) is 0 Å². The smallest absolute Gasteiger partial charge is 0.0468 e. The number of aromatic nitrogens is 1. The Bertz CT molecular complexity index is 439. The highest BCUT2D eigenvalue weighted by atomic mass is 32.1. The first-order valence-corrected chi connectivity index (χ1v) is 6.10. The zero-order valence-electron chi connectivity index (χ0n) is 9.18. The van der Waals surface area contributed by atoms with Crippen LogP contribution in [0.15, 0.2) is 36.0 Å². The lowest BCUT2D eigenvalue weighted by Crippen LogP contribution is -2.17. The van der Waals surface area contributed by atoms with E-state index in [1.54, 1.807) is 11.3 Å². The van der Waals surface area contributed by atoms with Crippen LogP contribution in [0.2, 0.25) is 0 Å². The normalized spacial score (nSPS) is 12.6. The van der Waals surface area contributed by atoms with Gasteiger partial charge in [0.1, 0.15) is 0 Å². The first-order chi connectivity index (χ1) is 7.77. The number of nitrogens with one attached hydrogen (secondary N) is 1. The number of hydrogen-bond acceptors (Lipinski definition) is 4. The van der Waals surface area contributed by atoms with E-state index in [0.717, 1.165) is 12.2 Å². The van der Waals surface area contributed by atoms with Crippen LogP contribution < -0.4 is 11.1 Å². The standard InChI is InChI=1S/C12H15N3S/c1-9(10-2-5-14-6-3-10)15-8-12-11(13)4-7-16-12/h2-7,9,15H,8,13H2,1H3/t9-/m0/s1. The lowest BCUT2D eigenvalue weighted by molar-refractivity contribution is 0.579. The van der Waals surface area contributed by atoms with Gasteiger partial charge < -0.3 is 11.1 Å². The van der Waals surface area contributed by atoms with Crippen molar-refractivity contribution in [3.63, 3.8) is 0 Å². The van der Waals surface area contributed by atoms with Crippen molar-refractivity contribution in [2.24, 2.45) is 0 Å². The van der Waals surface area contributed by atoms with E-state index in [0.29, 0.717) is 6.04 Å². The average molecular weight is 233 g/mol. The molecule has 0 saturated carbocycles. The maximum atomic E-state index is 5.83. The number of nitrogen functional groups attached to an aromatic ring is 1. The number of nitrogens with zero attached hydrogens (tertiary/aromatic N) is 1. The molecule has 2 rings (SSSR count). The highest BCUT2D eigenvalue weighted by Crippen LogP contribution is 2.20. The van der Waals surface area contributed by atoms with Crippen molar-refractivity contribution in [2.45, 2.75) is 19.5 Å². The number of hydrogen-bond donors (Lipinski definition) is 2. The number of pyridine rings is 1. The first kappa shape index (κ1) is 11.1. The monoisotopic (exact) mass is 233 g/mol. The quantitative estimate of drug-likeness (QED) is 0.853. The first-order valence-electron chi connectivity index (χ1n) is 5.22. The third-order valence-electron chi connectivity index (χ3n) is 2.55. The molecule has 3 N–H and O–H groups in total. The molecule has 0 aliphatic carbocycles. The summed E-state index contributed by atoms with van der Waals surface area (Å²) in [5.41, 5.74) is 7.94. The Morgan fingerprint density at radius 1 is 1.38 bits per heavy atom. The van der Waals surface area contributed by atoms with Gasteiger partial charge in [0, 0.05) is 35.5 Å². The molecule has 0 aliphatic heterocycles. The summed E-state index contributed by atoms with van der Waals surface area (Å²) in [6.45, 7) is 2.95. The fourth-order valence-electron chi connectivity index (χ4n) is 1.51. The van der Waals surface area contributed by atoms with Crippen LogP contribution in [0.3, 0.4) is 0 Å². The molecular formula is C12H15N3S. The van der Waals surface area contributed by atoms with Gasteiger partial charge in [0.2, 0.25) is 0 Å². The van der Waals surface area contributed by atoms with Crippen LogP contribution in [-0.4, -0.2) is 4.98 Å². The molecule has 0 fully saturated rings. The van der Waals surface area contributed by atoms with E-state index in [1.807, 2.05) is 36.0 Å². The predicted octanol–water partition coefficient (Wildman–Crippen LogP) is 2.58. The van der Waals surface area contributed by atoms with Crippen LogP contribution in [0, 0.1) is 0 Å². The Balaban J connectivity index is 1.94. The van der Waals surface area contributed by atoms with Crippen LogP contribution in [0.1, 0.15) is 23.4 Å². The summed E-state index contributed by atoms with van der Waals surface area (Å²) in [6.07, 6.45) is 3.63. The second-order valence-corrected chi connectivity index (χ2v) is 4.68. The SMILES string of the molecule is C[C@H](NCc1sccc1N)c1ccncc1. The second kappa shape index (κ2) is 5.09. The Hall–Kier alpha value is -1.39. The van der Waals surface area contributed by atoms with Crippen LogP contribution in [-0.2, 0) is 6.54 Å². The molecule has 4 heteroatoms. The number of nitrogens with two attached hydrogens (primary N) is 1. The summed E-state index contributed by atoms with van der Waals surface area (Å²) in [4.78, 5) is 5.20. The third-order valence-corrected chi connectivity index (χ3v) is 3.49. The van der Waals surface area contributed by atoms with E-state index >= 15 is 0 Å². The highest BCUT2D eigenvalue weighted by molar-refractivity contribution is 7.10. The van der Waals surface area contributed by atoms with Crippen LogP contribution in [0.5, 0.6) is 0 Å². The molecule has 2 aromatic heterocycles. The summed E-state index contributed by atoms with van der Waals surface area (Å²) >= 11 is 1.69. The number of anilines is 1. The topological polar surface area (TPSA) is 50.9 Å². The van der Waals surface area contributed by atoms with Crippen molar-refractivity contribution in [3.05, 3.63) is 46.4 Å². The van der Waals surface area contributed by atoms with Crippen molar-refractivity contribution >= 4 is 17.0 Å². The molecule has 0 aliphatic rings. The number of rotatable bonds is 4. The van der Waals surface area contributed by atoms with E-state index in [1.165, 1.54) is 10.4 Å². The molecule has 0 spiro atoms. The van der Waals surface area contributed by atoms with Crippen molar-refractivity contribution in [1.82, 2.24) is 10.3 Å². The van der Waals surface area contributed by atoms with E-state index in [4.69, 9.17) is 5.73 Å². The molecule has 0 saturated heterocycles. The molecule has 2 aromatic rings. The fraction of sp³-hybridized carbons (Fsp3) is 0.250. The largest absolute Gasteiger partial charge is 0.398 e. The summed E-state index contributed by atoms with van der Waals surface area (Å²) < 4.78 is 0. The Morgan fingerprint density at radius 3 is 2.75 bits per heavy atom. The minimum absolute atomic E-state index is 0.310. The molecule has 0 amide bonds. The van der Waals surface area contributed by atoms with Gasteiger partial charge in [-0.25, -0.2) is 0 Å². The van der Waals surface area contributed by atoms with Gasteiger partial charge in [0.05, 0.1) is 0 Å². The molecule has 0 radical (unpaired) electrons. The summed E-state index contributed by atoms with van der Waals surface area (Å²) in [6, 6.07) is 6.30. The van der Waals surface area contributed by atoms with Crippen LogP contribution in [0.25, 0.3) is 0 Å². The fourth-order valence-corrected chi connectivity index (χ4v) is 2.26. The lowest BCUT2D eigenvalue weighted by Gasteiger charge is -2.13. The van der Waals surface area contributed by atoms with Gasteiger partial charge in [0.25, 0.3) is 0 Å². The van der Waals surface area contributed by atoms with Crippen molar-refractivity contribution < 1.29 is 0 Å². The Morgan fingerprint density at radius 2 is 2.12 bits per heavy atom. The molecule has 1 atom stereocenters. The summed E-state index contributed by atoms with van der Waals surface area (Å²) in [7, 11) is 0. The molecule has 3 nitrogen and oxygen atoms in total. The van der Waals surface area contributed by atoms with Crippen LogP contribution in [0.4, 0.5) is 5.69 Å². The Kier molecular flexibility index (Phi) is 3.54. The minimum Gasteiger partial charge on any atom is -0.398 e. The minimum atomic E-state index is 0.310. The van der Waals surface area contributed by atoms with Gasteiger partial charge in [-0.15, -0.1) is 11.3 Å². The van der Waals surface area contributed by atoms with Crippen molar-refractivity contribution in [1.29, 1.82) is 0 Å². The number of thiophene rings is 1. The van der Waals surface area contributed by atoms with Crippen molar-refractivity contribution in [2.75, 3.05) is 5.73 Å². The molecule has 84 valence electrons. The van der Waals surface area contributed by atoms with Gasteiger partial charge in [-0.1, -0.05) is 0 Å². The average Bonchev–Trinajstić information content (AvgIpc) is 2.73. The molecular weight excluding hydrogens is 218 g/mol. The predicted molar refractivity (Wildman–Crippen MR) is 68.2 cm³/mol. The van der Waals surface area contributed by atoms with Crippen LogP contribution >= 0.6 is 11.3 Å². The molecule has 0 unspecified atom stereocenters. The van der Waals surface area contributed by atoms with E-state index < -0.39 is 0 Å². The van der Waals surface area contributed by atoms with E-state index in [-0.39, 0.29) is 0 Å². The Labute approximate surface area is 99.3 Å². The second-order valence-electron chi connectivity index (χ2n) is 3.68. The maximum absolute atomic E-state index is 5.83. The van der Waals surface area contributed by atoms with Gasteiger partial charge in [-0.05, 0) is 36.1 Å². The zero-order valence-corrected chi connectivity index (χ0v) is 10.00. The van der Waals surface area contributed by atoms with E-state index in [9.17, 15) is 0 Å². The van der Waals surface area contributed by atoms with Gasteiger partial charge in [0.15, 0.2) is 0 Å². The zero-order chi connectivity index (χ0) is 11.4. The molecule has 0 bridgehead atoms. The summed E-state index contributed by atoms with van der Waals surface area (Å²) in [5.74, 6) is 0. The molecule has 16 heavy (non-hydrogen) atoms. The third kappa shape index (κ3) is 2.59. The van der Waals surface area contributed by atoms with E-state index in [2.05, 4.69) is 17.2 Å². The summed E-state index contributed by atoms with van der Waals surface area (Å²) in [5, 5.41) is 5.46. The molecule has 0 aromatic carbocycles. The lowest BCUT2D eigenvalue weighted by atomic mass is 10.1. The van der Waals surface area contributed by atoms with Gasteiger partial charge in [-0.3, -0.25) is 4.98 Å². The van der Waals surface area contributed by atoms with Gasteiger partial charge in [-0.2, -0.15) is 0 Å². The maximum Gasteiger partial charge on any atom is 0.0468 e. The highest BCUT2D eigenvalue weighted by Gasteiger charge is 2.06.